The van der Waals surface area contributed by atoms with Gasteiger partial charge in [-0.3, -0.25) is 9.59 Å². The molecule has 6 rings (SSSR count). The number of H-pyrrole nitrogens is 1. The number of rotatable bonds is 4. The highest BCUT2D eigenvalue weighted by Crippen LogP contribution is 2.63. The van der Waals surface area contributed by atoms with Gasteiger partial charge in [-0.1, -0.05) is 0 Å². The second kappa shape index (κ2) is 7.42. The number of alkyl halides is 3. The number of carbonyl (C=O) groups is 1. The molecule has 0 aromatic carbocycles. The van der Waals surface area contributed by atoms with Gasteiger partial charge in [0.15, 0.2) is 0 Å². The molecule has 2 aromatic heterocycles. The predicted molar refractivity (Wildman–Crippen MR) is 113 cm³/mol. The quantitative estimate of drug-likeness (QED) is 0.714. The van der Waals surface area contributed by atoms with E-state index < -0.39 is 11.7 Å². The first kappa shape index (κ1) is 21.7. The number of nitrogens with zero attached hydrogens (tertiary/aromatic N) is 5. The number of amides is 1. The van der Waals surface area contributed by atoms with Crippen molar-refractivity contribution < 1.29 is 18.0 Å². The van der Waals surface area contributed by atoms with Gasteiger partial charge in [-0.05, 0) is 38.7 Å². The fourth-order valence-corrected chi connectivity index (χ4v) is 5.40. The lowest BCUT2D eigenvalue weighted by Gasteiger charge is -2.49. The zero-order chi connectivity index (χ0) is 23.4. The van der Waals surface area contributed by atoms with Crippen LogP contribution in [0.3, 0.4) is 0 Å². The number of hydrogen-bond donors (Lipinski definition) is 2. The summed E-state index contributed by atoms with van der Waals surface area (Å²) < 4.78 is 38.1. The molecule has 12 heteroatoms. The van der Waals surface area contributed by atoms with Crippen molar-refractivity contribution >= 4 is 17.7 Å². The summed E-state index contributed by atoms with van der Waals surface area (Å²) in [5, 5.41) is 9.96. The van der Waals surface area contributed by atoms with E-state index in [0.717, 1.165) is 38.1 Å². The molecule has 33 heavy (non-hydrogen) atoms. The summed E-state index contributed by atoms with van der Waals surface area (Å²) in [6.07, 6.45) is 0.209. The number of carbonyl (C=O) groups excluding carboxylic acids is 1. The van der Waals surface area contributed by atoms with Crippen LogP contribution in [0.25, 0.3) is 0 Å². The van der Waals surface area contributed by atoms with E-state index in [-0.39, 0.29) is 28.4 Å². The van der Waals surface area contributed by atoms with Crippen molar-refractivity contribution in [2.24, 2.45) is 5.41 Å². The van der Waals surface area contributed by atoms with Gasteiger partial charge in [0.25, 0.3) is 5.56 Å². The van der Waals surface area contributed by atoms with Crippen LogP contribution < -0.4 is 15.8 Å². The van der Waals surface area contributed by atoms with E-state index in [1.807, 2.05) is 4.90 Å². The molecule has 3 heterocycles. The number of piperazine rings is 1. The maximum absolute atomic E-state index is 13.3. The van der Waals surface area contributed by atoms with Crippen LogP contribution >= 0.6 is 0 Å². The summed E-state index contributed by atoms with van der Waals surface area (Å²) in [7, 11) is 0. The van der Waals surface area contributed by atoms with Crippen LogP contribution in [0.4, 0.5) is 24.9 Å². The van der Waals surface area contributed by atoms with E-state index in [9.17, 15) is 22.8 Å². The van der Waals surface area contributed by atoms with Gasteiger partial charge in [0.05, 0.1) is 11.0 Å². The molecule has 2 bridgehead atoms. The highest BCUT2D eigenvalue weighted by molar-refractivity contribution is 5.86. The van der Waals surface area contributed by atoms with Crippen LogP contribution in [0.2, 0.25) is 0 Å². The van der Waals surface area contributed by atoms with Gasteiger partial charge >= 0.3 is 6.18 Å². The average Bonchev–Trinajstić information content (AvgIpc) is 3.32. The van der Waals surface area contributed by atoms with Crippen LogP contribution in [0.1, 0.15) is 36.8 Å². The highest BCUT2D eigenvalue weighted by Gasteiger charge is 2.65. The molecule has 0 radical (unpaired) electrons. The zero-order valence-electron chi connectivity index (χ0n) is 18.1. The second-order valence-corrected chi connectivity index (χ2v) is 9.35. The molecule has 1 aliphatic heterocycles. The Morgan fingerprint density at radius 2 is 1.79 bits per heavy atom. The van der Waals surface area contributed by atoms with Gasteiger partial charge in [-0.25, -0.2) is 15.1 Å². The topological polar surface area (TPSA) is 107 Å². The van der Waals surface area contributed by atoms with E-state index >= 15 is 0 Å². The fraction of sp³-hybridized carbons (Fsp3) is 0.571. The number of fused-ring (bicyclic) bond motifs is 1. The Morgan fingerprint density at radius 3 is 2.39 bits per heavy atom. The molecule has 0 unspecified atom stereocenters. The number of hydrogen-bond acceptors (Lipinski definition) is 7. The molecule has 4 aliphatic rings. The number of halogens is 3. The Morgan fingerprint density at radius 1 is 1.12 bits per heavy atom. The maximum Gasteiger partial charge on any atom is 0.419 e. The molecule has 4 fully saturated rings. The molecule has 0 spiro atoms. The van der Waals surface area contributed by atoms with Crippen LogP contribution in [0.15, 0.2) is 23.3 Å². The molecular weight excluding hydrogens is 439 g/mol. The summed E-state index contributed by atoms with van der Waals surface area (Å²) in [5.41, 5.74) is -1.07. The SMILES string of the molecule is Cc1cc(NC23CCC(C(=O)N4CCN(c5ncc(C(F)(F)F)cn5)CC4)(C2)C3)n[nH]c1=O. The third-order valence-electron chi connectivity index (χ3n) is 7.09. The van der Waals surface area contributed by atoms with Crippen LogP contribution in [-0.4, -0.2) is 62.7 Å². The zero-order valence-corrected chi connectivity index (χ0v) is 18.1. The Labute approximate surface area is 187 Å². The minimum Gasteiger partial charge on any atom is -0.363 e. The Kier molecular flexibility index (Phi) is 4.87. The van der Waals surface area contributed by atoms with Crippen molar-refractivity contribution in [2.75, 3.05) is 36.4 Å². The summed E-state index contributed by atoms with van der Waals surface area (Å²) in [6, 6.07) is 1.72. The smallest absolute Gasteiger partial charge is 0.363 e. The van der Waals surface area contributed by atoms with Gasteiger partial charge in [0, 0.05) is 49.7 Å². The van der Waals surface area contributed by atoms with Crippen LogP contribution in [0.5, 0.6) is 0 Å². The number of aromatic amines is 1. The first-order valence-corrected chi connectivity index (χ1v) is 10.9. The van der Waals surface area contributed by atoms with Crippen molar-refractivity contribution in [3.8, 4) is 0 Å². The first-order valence-electron chi connectivity index (χ1n) is 10.9. The molecule has 176 valence electrons. The molecule has 3 aliphatic carbocycles. The fourth-order valence-electron chi connectivity index (χ4n) is 5.40. The average molecular weight is 463 g/mol. The van der Waals surface area contributed by atoms with Gasteiger partial charge in [0.2, 0.25) is 11.9 Å². The molecule has 2 N–H and O–H groups in total. The molecule has 3 saturated carbocycles. The summed E-state index contributed by atoms with van der Waals surface area (Å²) in [5.74, 6) is 0.987. The lowest BCUT2D eigenvalue weighted by Crippen LogP contribution is -2.59. The van der Waals surface area contributed by atoms with E-state index in [1.54, 1.807) is 17.9 Å². The van der Waals surface area contributed by atoms with E-state index in [0.29, 0.717) is 37.6 Å². The molecule has 1 amide bonds. The monoisotopic (exact) mass is 463 g/mol. The minimum atomic E-state index is -4.47. The van der Waals surface area contributed by atoms with E-state index in [2.05, 4.69) is 25.5 Å². The normalized spacial score (nSPS) is 26.8. The molecule has 0 atom stereocenters. The van der Waals surface area contributed by atoms with Crippen molar-refractivity contribution in [3.63, 3.8) is 0 Å². The lowest BCUT2D eigenvalue weighted by atomic mass is 9.64. The summed E-state index contributed by atoms with van der Waals surface area (Å²) >= 11 is 0. The van der Waals surface area contributed by atoms with Crippen LogP contribution in [0, 0.1) is 12.3 Å². The maximum atomic E-state index is 13.3. The summed E-state index contributed by atoms with van der Waals surface area (Å²) in [4.78, 5) is 36.2. The minimum absolute atomic E-state index is 0.135. The van der Waals surface area contributed by atoms with Crippen molar-refractivity contribution in [1.29, 1.82) is 0 Å². The largest absolute Gasteiger partial charge is 0.419 e. The van der Waals surface area contributed by atoms with Gasteiger partial charge in [0.1, 0.15) is 5.82 Å². The number of aromatic nitrogens is 4. The van der Waals surface area contributed by atoms with Crippen molar-refractivity contribution in [3.05, 3.63) is 39.9 Å². The second-order valence-electron chi connectivity index (χ2n) is 9.35. The van der Waals surface area contributed by atoms with Crippen molar-refractivity contribution in [1.82, 2.24) is 25.1 Å². The van der Waals surface area contributed by atoms with Gasteiger partial charge in [-0.15, -0.1) is 0 Å². The Bertz CT molecular complexity index is 1120. The molecule has 1 saturated heterocycles. The van der Waals surface area contributed by atoms with E-state index in [1.165, 1.54) is 0 Å². The van der Waals surface area contributed by atoms with Gasteiger partial charge in [-0.2, -0.15) is 18.3 Å². The summed E-state index contributed by atoms with van der Waals surface area (Å²) in [6.45, 7) is 3.62. The third kappa shape index (κ3) is 3.80. The van der Waals surface area contributed by atoms with E-state index in [4.69, 9.17) is 0 Å². The highest BCUT2D eigenvalue weighted by atomic mass is 19.4. The Balaban J connectivity index is 1.17. The molecule has 2 aromatic rings. The Hall–Kier alpha value is -3.18. The first-order chi connectivity index (χ1) is 15.6. The van der Waals surface area contributed by atoms with Crippen LogP contribution in [-0.2, 0) is 11.0 Å². The lowest BCUT2D eigenvalue weighted by molar-refractivity contribution is -0.147. The molecule has 9 nitrogen and oxygen atoms in total. The number of aryl methyl sites for hydroxylation is 1. The molecular formula is C21H24F3N7O2. The van der Waals surface area contributed by atoms with Crippen molar-refractivity contribution in [2.45, 2.75) is 44.3 Å². The standard InChI is InChI=1S/C21H24F3N7O2/c1-13-8-15(28-29-16(13)32)27-20-3-2-19(11-20,12-20)17(33)30-4-6-31(7-5-30)18-25-9-14(10-26-18)21(22,23)24/h8-10H,2-7,11-12H2,1H3,(H,27,28)(H,29,32). The third-order valence-corrected chi connectivity index (χ3v) is 7.09. The predicted octanol–water partition coefficient (Wildman–Crippen LogP) is 1.96. The number of nitrogens with one attached hydrogen (secondary N) is 2. The van der Waals surface area contributed by atoms with Gasteiger partial charge < -0.3 is 15.1 Å². The number of anilines is 2.